The van der Waals surface area contributed by atoms with Crippen molar-refractivity contribution < 1.29 is 47.4 Å². The molecule has 0 amide bonds. The molecule has 0 saturated carbocycles. The van der Waals surface area contributed by atoms with E-state index >= 15 is 0 Å². The second-order valence-electron chi connectivity index (χ2n) is 8.60. The number of halogens is 6. The molecule has 0 aliphatic heterocycles. The number of aromatic nitrogens is 4. The van der Waals surface area contributed by atoms with Gasteiger partial charge in [0.25, 0.3) is 0 Å². The molecule has 0 bridgehead atoms. The quantitative estimate of drug-likeness (QED) is 0.179. The largest absolute Gasteiger partial charge is 2.00 e. The summed E-state index contributed by atoms with van der Waals surface area (Å²) in [5.74, 6) is 0.508. The summed E-state index contributed by atoms with van der Waals surface area (Å²) >= 11 is 0. The zero-order valence-corrected chi connectivity index (χ0v) is 21.8. The van der Waals surface area contributed by atoms with Crippen LogP contribution in [0, 0.1) is 26.2 Å². The summed E-state index contributed by atoms with van der Waals surface area (Å²) in [6, 6.07) is 11.7. The summed E-state index contributed by atoms with van der Waals surface area (Å²) in [6.45, 7) is 6.34. The molecule has 0 N–H and O–H groups in total. The fourth-order valence-electron chi connectivity index (χ4n) is 3.87. The van der Waals surface area contributed by atoms with Gasteiger partial charge < -0.3 is 9.13 Å². The average molecular weight is 686 g/mol. The summed E-state index contributed by atoms with van der Waals surface area (Å²) in [5.41, 5.74) is -1.48. The molecule has 0 spiro atoms. The second kappa shape index (κ2) is 9.54. The maximum absolute atomic E-state index is 13.2. The Morgan fingerprint density at radius 3 is 1.33 bits per heavy atom. The summed E-state index contributed by atoms with van der Waals surface area (Å²) in [4.78, 5) is 9.13. The van der Waals surface area contributed by atoms with Gasteiger partial charge in [0.15, 0.2) is 0 Å². The Labute approximate surface area is 218 Å². The van der Waals surface area contributed by atoms with Crippen LogP contribution >= 0.6 is 0 Å². The van der Waals surface area contributed by atoms with Gasteiger partial charge in [0.1, 0.15) is 0 Å². The van der Waals surface area contributed by atoms with Crippen LogP contribution in [0.15, 0.2) is 48.5 Å². The Bertz CT molecular complexity index is 1280. The van der Waals surface area contributed by atoms with Gasteiger partial charge in [-0.2, -0.15) is 26.3 Å². The Balaban J connectivity index is 0.00000361. The maximum Gasteiger partial charge on any atom is 2.00 e. The van der Waals surface area contributed by atoms with E-state index in [9.17, 15) is 26.3 Å². The fraction of sp³-hybridized carbons (Fsp3) is 0.280. The molecule has 4 aromatic rings. The topological polar surface area (TPSA) is 35.6 Å². The summed E-state index contributed by atoms with van der Waals surface area (Å²) < 4.78 is 81.7. The number of hydrogen-bond donors (Lipinski definition) is 0. The van der Waals surface area contributed by atoms with Crippen LogP contribution < -0.4 is 0 Å². The van der Waals surface area contributed by atoms with Crippen LogP contribution in [0.2, 0.25) is 0 Å². The summed E-state index contributed by atoms with van der Waals surface area (Å²) in [6.07, 6.45) is -3.84. The molecule has 11 heteroatoms. The fourth-order valence-corrected chi connectivity index (χ4v) is 3.87. The van der Waals surface area contributed by atoms with Crippen LogP contribution in [0.25, 0.3) is 11.6 Å². The number of alkyl halides is 6. The minimum atomic E-state index is -4.51. The first-order chi connectivity index (χ1) is 16.2. The molecule has 0 atom stereocenters. The number of nitrogens with zero attached hydrogens (tertiary/aromatic N) is 4. The molecule has 192 valence electrons. The van der Waals surface area contributed by atoms with E-state index in [0.717, 1.165) is 12.1 Å². The zero-order chi connectivity index (χ0) is 25.8. The van der Waals surface area contributed by atoms with E-state index in [2.05, 4.69) is 22.4 Å². The zero-order valence-electron chi connectivity index (χ0n) is 19.5. The van der Waals surface area contributed by atoms with Crippen LogP contribution in [0.3, 0.4) is 0 Å². The van der Waals surface area contributed by atoms with Gasteiger partial charge in [0.05, 0.1) is 11.6 Å². The molecule has 4 rings (SSSR count). The van der Waals surface area contributed by atoms with Crippen LogP contribution in [0.4, 0.5) is 26.3 Å². The normalized spacial score (nSPS) is 12.5. The molecule has 0 fully saturated rings. The predicted octanol–water partition coefficient (Wildman–Crippen LogP) is 6.64. The van der Waals surface area contributed by atoms with Crippen molar-refractivity contribution in [3.05, 3.63) is 94.8 Å². The molecule has 0 radical (unpaired) electrons. The van der Waals surface area contributed by atoms with Gasteiger partial charge >= 0.3 is 33.4 Å². The predicted molar refractivity (Wildman–Crippen MR) is 116 cm³/mol. The summed E-state index contributed by atoms with van der Waals surface area (Å²) in [5, 5.41) is 0. The van der Waals surface area contributed by atoms with Gasteiger partial charge in [-0.25, -0.2) is 0 Å². The molecule has 0 saturated heterocycles. The third kappa shape index (κ3) is 5.01. The van der Waals surface area contributed by atoms with E-state index in [4.69, 9.17) is 0 Å². The van der Waals surface area contributed by atoms with Crippen molar-refractivity contribution in [2.75, 3.05) is 0 Å². The third-order valence-electron chi connectivity index (χ3n) is 5.94. The van der Waals surface area contributed by atoms with Crippen molar-refractivity contribution in [2.24, 2.45) is 0 Å². The van der Waals surface area contributed by atoms with Gasteiger partial charge in [-0.1, -0.05) is 61.9 Å². The standard InChI is InChI=1S/C25H20F6N4.Pt/c1-15-17(24(26,27)28)11-13-34(15)21-9-5-7-19(32-21)23(3,4)20-8-6-10-22(33-20)35-14-12-18(16(35)2)25(29,30)31;/h5-12H,1-4H3;/q-2;+2. The van der Waals surface area contributed by atoms with E-state index in [1.54, 1.807) is 36.4 Å². The Morgan fingerprint density at radius 2 is 1.03 bits per heavy atom. The first-order valence-corrected chi connectivity index (χ1v) is 10.5. The van der Waals surface area contributed by atoms with Crippen LogP contribution in [-0.4, -0.2) is 19.1 Å². The Hall–Kier alpha value is -2.87. The van der Waals surface area contributed by atoms with Crippen molar-refractivity contribution in [3.8, 4) is 11.6 Å². The van der Waals surface area contributed by atoms with Gasteiger partial charge in [0.2, 0.25) is 0 Å². The average Bonchev–Trinajstić information content (AvgIpc) is 3.36. The molecular weight excluding hydrogens is 665 g/mol. The van der Waals surface area contributed by atoms with Crippen molar-refractivity contribution in [3.63, 3.8) is 0 Å². The van der Waals surface area contributed by atoms with Crippen molar-refractivity contribution in [1.82, 2.24) is 19.1 Å². The molecular formula is C25H20F6N4Pt. The molecule has 36 heavy (non-hydrogen) atoms. The number of pyridine rings is 2. The van der Waals surface area contributed by atoms with Crippen LogP contribution in [-0.2, 0) is 38.8 Å². The van der Waals surface area contributed by atoms with Crippen LogP contribution in [0.5, 0.6) is 0 Å². The molecule has 0 aliphatic carbocycles. The molecule has 0 unspecified atom stereocenters. The van der Waals surface area contributed by atoms with Crippen molar-refractivity contribution >= 4 is 0 Å². The molecule has 0 aromatic carbocycles. The number of hydrogen-bond acceptors (Lipinski definition) is 2. The molecule has 4 aromatic heterocycles. The summed E-state index contributed by atoms with van der Waals surface area (Å²) in [7, 11) is 0. The van der Waals surface area contributed by atoms with Gasteiger partial charge in [-0.05, 0) is 37.1 Å². The van der Waals surface area contributed by atoms with Crippen molar-refractivity contribution in [2.45, 2.75) is 45.5 Å². The third-order valence-corrected chi connectivity index (χ3v) is 5.94. The first-order valence-electron chi connectivity index (χ1n) is 10.5. The smallest absolute Gasteiger partial charge is 0.432 e. The minimum absolute atomic E-state index is 0. The maximum atomic E-state index is 13.2. The van der Waals surface area contributed by atoms with E-state index in [1.165, 1.54) is 23.0 Å². The monoisotopic (exact) mass is 685 g/mol. The van der Waals surface area contributed by atoms with Gasteiger partial charge in [0, 0.05) is 16.8 Å². The van der Waals surface area contributed by atoms with E-state index in [1.807, 2.05) is 13.8 Å². The van der Waals surface area contributed by atoms with E-state index in [0.29, 0.717) is 11.4 Å². The van der Waals surface area contributed by atoms with E-state index < -0.39 is 28.9 Å². The second-order valence-corrected chi connectivity index (χ2v) is 8.60. The minimum Gasteiger partial charge on any atom is -0.432 e. The van der Waals surface area contributed by atoms with Gasteiger partial charge in [-0.3, -0.25) is 9.97 Å². The van der Waals surface area contributed by atoms with Crippen LogP contribution in [0.1, 0.15) is 47.8 Å². The molecule has 4 nitrogen and oxygen atoms in total. The van der Waals surface area contributed by atoms with Gasteiger partial charge in [-0.15, -0.1) is 12.1 Å². The van der Waals surface area contributed by atoms with Crippen molar-refractivity contribution in [1.29, 1.82) is 0 Å². The van der Waals surface area contributed by atoms with E-state index in [-0.39, 0.29) is 44.1 Å². The first kappa shape index (κ1) is 27.7. The SMILES string of the molecule is Cc1c(C(F)(F)F)c[c-]n1-c1cccc(C(C)(C)c2cccc(-n3[c-]cc(C(F)(F)F)c3C)n2)n1.[Pt+2]. The number of rotatable bonds is 4. The molecule has 0 aliphatic rings. The Morgan fingerprint density at radius 1 is 0.667 bits per heavy atom. The Kier molecular flexibility index (Phi) is 7.34. The molecule has 4 heterocycles.